The Labute approximate surface area is 223 Å². The predicted molar refractivity (Wildman–Crippen MR) is 149 cm³/mol. The fraction of sp³-hybridized carbons (Fsp3) is 0.576. The molecular formula is C33H45FO3. The first-order valence-corrected chi connectivity index (χ1v) is 13.9. The summed E-state index contributed by atoms with van der Waals surface area (Å²) in [4.78, 5) is 0. The van der Waals surface area contributed by atoms with E-state index in [9.17, 15) is 9.50 Å². The van der Waals surface area contributed by atoms with E-state index in [1.165, 1.54) is 6.07 Å². The van der Waals surface area contributed by atoms with E-state index in [-0.39, 0.29) is 35.1 Å². The van der Waals surface area contributed by atoms with Crippen LogP contribution in [0.25, 0.3) is 0 Å². The van der Waals surface area contributed by atoms with E-state index < -0.39 is 0 Å². The smallest absolute Gasteiger partial charge is 0.126 e. The molecule has 0 unspecified atom stereocenters. The first-order chi connectivity index (χ1) is 17.6. The fourth-order valence-corrected chi connectivity index (χ4v) is 7.21. The molecule has 2 aromatic rings. The van der Waals surface area contributed by atoms with Gasteiger partial charge < -0.3 is 14.6 Å². The SMILES string of the molecule is CCCCC[C@H](c1cccc(F)c1)C(C)(C)c1cc(OC)c([C@H]2C=C(CO)[C@H]3C[C@@H]2C3(C)C)c(OC)c1. The van der Waals surface area contributed by atoms with Gasteiger partial charge >= 0.3 is 0 Å². The fourth-order valence-electron chi connectivity index (χ4n) is 7.21. The summed E-state index contributed by atoms with van der Waals surface area (Å²) in [7, 11) is 3.46. The third kappa shape index (κ3) is 4.94. The van der Waals surface area contributed by atoms with Crippen LogP contribution in [-0.4, -0.2) is 25.9 Å². The Bertz CT molecular complexity index is 1110. The molecule has 5 rings (SSSR count). The van der Waals surface area contributed by atoms with Crippen LogP contribution in [0.5, 0.6) is 11.5 Å². The molecule has 0 amide bonds. The van der Waals surface area contributed by atoms with Crippen molar-refractivity contribution in [2.75, 3.05) is 20.8 Å². The summed E-state index contributed by atoms with van der Waals surface area (Å²) in [5.74, 6) is 2.67. The number of rotatable bonds is 11. The third-order valence-electron chi connectivity index (χ3n) is 9.64. The van der Waals surface area contributed by atoms with Gasteiger partial charge in [0.1, 0.15) is 17.3 Å². The number of aliphatic hydroxyl groups excluding tert-OH is 1. The molecule has 4 heteroatoms. The minimum atomic E-state index is -0.278. The number of hydrogen-bond donors (Lipinski definition) is 1. The lowest BCUT2D eigenvalue weighted by Crippen LogP contribution is -2.51. The molecule has 0 aliphatic heterocycles. The maximum atomic E-state index is 14.3. The summed E-state index contributed by atoms with van der Waals surface area (Å²) in [5, 5.41) is 10.1. The van der Waals surface area contributed by atoms with E-state index in [0.717, 1.165) is 65.9 Å². The molecule has 0 spiro atoms. The predicted octanol–water partition coefficient (Wildman–Crippen LogP) is 8.16. The zero-order chi connectivity index (χ0) is 27.0. The average Bonchev–Trinajstić information content (AvgIpc) is 2.89. The number of halogens is 1. The summed E-state index contributed by atoms with van der Waals surface area (Å²) < 4.78 is 26.4. The van der Waals surface area contributed by atoms with Gasteiger partial charge in [-0.05, 0) is 82.4 Å². The van der Waals surface area contributed by atoms with Gasteiger partial charge in [0.2, 0.25) is 0 Å². The molecule has 1 N–H and O–H groups in total. The van der Waals surface area contributed by atoms with Crippen molar-refractivity contribution in [1.82, 2.24) is 0 Å². The lowest BCUT2D eigenvalue weighted by molar-refractivity contribution is -0.0260. The molecule has 0 aromatic heterocycles. The van der Waals surface area contributed by atoms with Crippen molar-refractivity contribution in [3.63, 3.8) is 0 Å². The number of ether oxygens (including phenoxy) is 2. The van der Waals surface area contributed by atoms with Gasteiger partial charge in [0.05, 0.1) is 20.8 Å². The van der Waals surface area contributed by atoms with Crippen LogP contribution in [0.4, 0.5) is 4.39 Å². The van der Waals surface area contributed by atoms with Crippen LogP contribution in [0.3, 0.4) is 0 Å². The quantitative estimate of drug-likeness (QED) is 0.246. The third-order valence-corrected chi connectivity index (χ3v) is 9.64. The molecule has 37 heavy (non-hydrogen) atoms. The number of unbranched alkanes of at least 4 members (excludes halogenated alkanes) is 2. The highest BCUT2D eigenvalue weighted by atomic mass is 19.1. The minimum absolute atomic E-state index is 0.0974. The number of methoxy groups -OCH3 is 2. The molecule has 1 saturated carbocycles. The summed E-state index contributed by atoms with van der Waals surface area (Å²) in [6, 6.07) is 11.4. The van der Waals surface area contributed by atoms with Crippen molar-refractivity contribution < 1.29 is 19.0 Å². The summed E-state index contributed by atoms with van der Waals surface area (Å²) in [5.41, 5.74) is 4.22. The van der Waals surface area contributed by atoms with Crippen LogP contribution in [0.2, 0.25) is 0 Å². The Balaban J connectivity index is 1.80. The molecular weight excluding hydrogens is 463 g/mol. The maximum absolute atomic E-state index is 14.3. The molecule has 2 aromatic carbocycles. The van der Waals surface area contributed by atoms with Gasteiger partial charge in [-0.15, -0.1) is 0 Å². The molecule has 0 radical (unpaired) electrons. The second-order valence-electron chi connectivity index (χ2n) is 12.3. The topological polar surface area (TPSA) is 38.7 Å². The number of allylic oxidation sites excluding steroid dienone is 1. The molecule has 0 saturated heterocycles. The second kappa shape index (κ2) is 10.8. The Morgan fingerprint density at radius 1 is 1.08 bits per heavy atom. The summed E-state index contributed by atoms with van der Waals surface area (Å²) in [6.07, 6.45) is 7.74. The van der Waals surface area contributed by atoms with Crippen LogP contribution in [0.1, 0.15) is 95.2 Å². The van der Waals surface area contributed by atoms with Crippen molar-refractivity contribution in [2.45, 2.75) is 84.0 Å². The molecule has 3 aliphatic rings. The van der Waals surface area contributed by atoms with Crippen LogP contribution < -0.4 is 9.47 Å². The van der Waals surface area contributed by atoms with Crippen molar-refractivity contribution in [3.05, 3.63) is 70.6 Å². The largest absolute Gasteiger partial charge is 0.496 e. The van der Waals surface area contributed by atoms with Crippen LogP contribution in [0.15, 0.2) is 48.0 Å². The maximum Gasteiger partial charge on any atom is 0.126 e. The highest BCUT2D eigenvalue weighted by Crippen LogP contribution is 2.65. The van der Waals surface area contributed by atoms with Crippen molar-refractivity contribution in [3.8, 4) is 11.5 Å². The van der Waals surface area contributed by atoms with Crippen LogP contribution >= 0.6 is 0 Å². The first kappa shape index (κ1) is 27.7. The zero-order valence-corrected chi connectivity index (χ0v) is 23.7. The number of aliphatic hydroxyl groups is 1. The average molecular weight is 509 g/mol. The molecule has 202 valence electrons. The molecule has 2 bridgehead atoms. The van der Waals surface area contributed by atoms with Gasteiger partial charge in [-0.1, -0.05) is 72.1 Å². The highest BCUT2D eigenvalue weighted by Gasteiger charge is 2.56. The van der Waals surface area contributed by atoms with Gasteiger partial charge in [0.15, 0.2) is 0 Å². The normalized spacial score (nSPS) is 23.2. The van der Waals surface area contributed by atoms with E-state index in [0.29, 0.717) is 11.8 Å². The minimum Gasteiger partial charge on any atom is -0.496 e. The molecule has 1 fully saturated rings. The highest BCUT2D eigenvalue weighted by molar-refractivity contribution is 5.55. The van der Waals surface area contributed by atoms with E-state index in [4.69, 9.17) is 9.47 Å². The Hall–Kier alpha value is -2.33. The van der Waals surface area contributed by atoms with Gasteiger partial charge in [0.25, 0.3) is 0 Å². The molecule has 0 heterocycles. The van der Waals surface area contributed by atoms with E-state index in [1.807, 2.05) is 6.07 Å². The van der Waals surface area contributed by atoms with Crippen molar-refractivity contribution in [2.24, 2.45) is 17.3 Å². The van der Waals surface area contributed by atoms with Crippen LogP contribution in [-0.2, 0) is 5.41 Å². The summed E-state index contributed by atoms with van der Waals surface area (Å²) >= 11 is 0. The van der Waals surface area contributed by atoms with Crippen LogP contribution in [0, 0.1) is 23.1 Å². The zero-order valence-electron chi connectivity index (χ0n) is 23.7. The number of fused-ring (bicyclic) bond motifs is 1. The molecule has 3 aliphatic carbocycles. The second-order valence-corrected chi connectivity index (χ2v) is 12.3. The first-order valence-electron chi connectivity index (χ1n) is 13.9. The van der Waals surface area contributed by atoms with Gasteiger partial charge in [-0.3, -0.25) is 0 Å². The Morgan fingerprint density at radius 3 is 2.30 bits per heavy atom. The van der Waals surface area contributed by atoms with E-state index >= 15 is 0 Å². The van der Waals surface area contributed by atoms with Gasteiger partial charge in [-0.25, -0.2) is 4.39 Å². The standard InChI is InChI=1S/C33H45FO3/c1-8-9-10-14-26(21-12-11-13-24(34)15-21)32(2,3)23-17-29(36-6)31(30(18-23)37-7)25-16-22(20-35)27-19-28(25)33(27,4)5/h11-13,15-18,25-28,35H,8-10,14,19-20H2,1-7H3/t25-,26+,27+,28-/m0/s1. The van der Waals surface area contributed by atoms with Gasteiger partial charge in [0, 0.05) is 11.5 Å². The Morgan fingerprint density at radius 2 is 1.76 bits per heavy atom. The molecule has 3 nitrogen and oxygen atoms in total. The monoisotopic (exact) mass is 508 g/mol. The number of hydrogen-bond acceptors (Lipinski definition) is 3. The molecule has 4 atom stereocenters. The van der Waals surface area contributed by atoms with E-state index in [1.54, 1.807) is 20.3 Å². The van der Waals surface area contributed by atoms with E-state index in [2.05, 4.69) is 58.9 Å². The van der Waals surface area contributed by atoms with Crippen molar-refractivity contribution in [1.29, 1.82) is 0 Å². The van der Waals surface area contributed by atoms with Crippen molar-refractivity contribution >= 4 is 0 Å². The Kier molecular flexibility index (Phi) is 8.09. The lowest BCUT2D eigenvalue weighted by atomic mass is 9.45. The lowest BCUT2D eigenvalue weighted by Gasteiger charge is -2.59. The summed E-state index contributed by atoms with van der Waals surface area (Å²) in [6.45, 7) is 11.5. The number of benzene rings is 2. The van der Waals surface area contributed by atoms with Gasteiger partial charge in [-0.2, -0.15) is 0 Å².